The van der Waals surface area contributed by atoms with Crippen LogP contribution in [0.1, 0.15) is 42.5 Å². The fourth-order valence-electron chi connectivity index (χ4n) is 3.08. The first-order valence-electron chi connectivity index (χ1n) is 7.68. The van der Waals surface area contributed by atoms with Gasteiger partial charge in [0.2, 0.25) is 0 Å². The van der Waals surface area contributed by atoms with Gasteiger partial charge in [0.25, 0.3) is 0 Å². The fourth-order valence-corrected chi connectivity index (χ4v) is 4.22. The zero-order valence-electron chi connectivity index (χ0n) is 12.0. The minimum Gasteiger partial charge on any atom is -0.378 e. The summed E-state index contributed by atoms with van der Waals surface area (Å²) in [7, 11) is 0. The van der Waals surface area contributed by atoms with Gasteiger partial charge in [0, 0.05) is 15.9 Å². The number of fused-ring (bicyclic) bond motifs is 1. The largest absolute Gasteiger partial charge is 0.378 e. The van der Waals surface area contributed by atoms with Gasteiger partial charge in [-0.1, -0.05) is 62.2 Å². The second-order valence-electron chi connectivity index (χ2n) is 5.72. The molecule has 0 aliphatic carbocycles. The van der Waals surface area contributed by atoms with Crippen LogP contribution >= 0.6 is 31.9 Å². The van der Waals surface area contributed by atoms with E-state index in [1.165, 1.54) is 35.6 Å². The molecule has 0 aromatic heterocycles. The summed E-state index contributed by atoms with van der Waals surface area (Å²) in [6.07, 6.45) is 6.49. The van der Waals surface area contributed by atoms with Crippen LogP contribution in [0, 0.1) is 0 Å². The average Bonchev–Trinajstić information content (AvgIpc) is 2.54. The van der Waals surface area contributed by atoms with E-state index in [0.29, 0.717) is 10.9 Å². The molecule has 3 rings (SSSR count). The van der Waals surface area contributed by atoms with Gasteiger partial charge in [-0.2, -0.15) is 0 Å². The Morgan fingerprint density at radius 1 is 1.10 bits per heavy atom. The summed E-state index contributed by atoms with van der Waals surface area (Å²) < 4.78 is 7.01. The van der Waals surface area contributed by atoms with Crippen molar-refractivity contribution in [2.75, 3.05) is 6.61 Å². The van der Waals surface area contributed by atoms with Crippen LogP contribution in [0.15, 0.2) is 40.9 Å². The molecule has 1 aliphatic heterocycles. The van der Waals surface area contributed by atoms with E-state index in [-0.39, 0.29) is 0 Å². The van der Waals surface area contributed by atoms with Crippen LogP contribution in [0.3, 0.4) is 0 Å². The SMILES string of the molecule is Brc1ccc(C(Br)CCC2CCCCO2)c2ccccc12. The van der Waals surface area contributed by atoms with Crippen molar-refractivity contribution in [3.63, 3.8) is 0 Å². The Morgan fingerprint density at radius 3 is 2.67 bits per heavy atom. The second kappa shape index (κ2) is 7.26. The minimum absolute atomic E-state index is 0.390. The van der Waals surface area contributed by atoms with Gasteiger partial charge in [-0.15, -0.1) is 0 Å². The molecular weight excluding hydrogens is 392 g/mol. The lowest BCUT2D eigenvalue weighted by atomic mass is 9.97. The van der Waals surface area contributed by atoms with Gasteiger partial charge in [-0.3, -0.25) is 0 Å². The Kier molecular flexibility index (Phi) is 5.36. The summed E-state index contributed by atoms with van der Waals surface area (Å²) in [4.78, 5) is 0.390. The molecule has 1 aliphatic rings. The van der Waals surface area contributed by atoms with E-state index in [4.69, 9.17) is 4.74 Å². The summed E-state index contributed by atoms with van der Waals surface area (Å²) in [5, 5.41) is 2.62. The highest BCUT2D eigenvalue weighted by Gasteiger charge is 2.17. The van der Waals surface area contributed by atoms with E-state index in [1.807, 2.05) is 0 Å². The van der Waals surface area contributed by atoms with Crippen molar-refractivity contribution in [3.8, 4) is 0 Å². The molecule has 0 radical (unpaired) electrons. The Morgan fingerprint density at radius 2 is 1.90 bits per heavy atom. The summed E-state index contributed by atoms with van der Waals surface area (Å²) in [5.41, 5.74) is 1.38. The van der Waals surface area contributed by atoms with Crippen molar-refractivity contribution in [2.45, 2.75) is 43.0 Å². The van der Waals surface area contributed by atoms with E-state index in [1.54, 1.807) is 0 Å². The van der Waals surface area contributed by atoms with Crippen molar-refractivity contribution in [2.24, 2.45) is 0 Å². The summed E-state index contributed by atoms with van der Waals surface area (Å²) in [5.74, 6) is 0. The van der Waals surface area contributed by atoms with Crippen LogP contribution in [0.25, 0.3) is 10.8 Å². The van der Waals surface area contributed by atoms with E-state index in [2.05, 4.69) is 68.3 Å². The third-order valence-corrected chi connectivity index (χ3v) is 5.90. The van der Waals surface area contributed by atoms with Crippen molar-refractivity contribution < 1.29 is 4.74 Å². The number of rotatable bonds is 4. The van der Waals surface area contributed by atoms with Gasteiger partial charge in [0.15, 0.2) is 0 Å². The van der Waals surface area contributed by atoms with Crippen molar-refractivity contribution in [1.82, 2.24) is 0 Å². The van der Waals surface area contributed by atoms with Crippen molar-refractivity contribution in [3.05, 3.63) is 46.4 Å². The summed E-state index contributed by atoms with van der Waals surface area (Å²) in [6, 6.07) is 13.0. The van der Waals surface area contributed by atoms with Crippen LogP contribution in [0.4, 0.5) is 0 Å². The van der Waals surface area contributed by atoms with Crippen LogP contribution in [-0.2, 0) is 4.74 Å². The third kappa shape index (κ3) is 3.69. The van der Waals surface area contributed by atoms with E-state index in [0.717, 1.165) is 23.9 Å². The van der Waals surface area contributed by atoms with Crippen LogP contribution in [0.2, 0.25) is 0 Å². The highest BCUT2D eigenvalue weighted by Crippen LogP contribution is 2.37. The molecule has 0 bridgehead atoms. The first-order chi connectivity index (χ1) is 10.3. The molecule has 21 heavy (non-hydrogen) atoms. The predicted octanol–water partition coefficient (Wildman–Crippen LogP) is 6.39. The first-order valence-corrected chi connectivity index (χ1v) is 9.39. The zero-order chi connectivity index (χ0) is 14.7. The monoisotopic (exact) mass is 410 g/mol. The van der Waals surface area contributed by atoms with Gasteiger partial charge < -0.3 is 4.74 Å². The van der Waals surface area contributed by atoms with Gasteiger partial charge >= 0.3 is 0 Å². The van der Waals surface area contributed by atoms with Gasteiger partial charge in [0.05, 0.1) is 6.10 Å². The highest BCUT2D eigenvalue weighted by atomic mass is 79.9. The zero-order valence-corrected chi connectivity index (χ0v) is 15.2. The molecule has 2 unspecified atom stereocenters. The Labute approximate surface area is 143 Å². The fraction of sp³-hybridized carbons (Fsp3) is 0.444. The molecule has 0 spiro atoms. The molecule has 2 aromatic rings. The highest BCUT2D eigenvalue weighted by molar-refractivity contribution is 9.10. The average molecular weight is 412 g/mol. The molecule has 1 fully saturated rings. The molecule has 3 heteroatoms. The van der Waals surface area contributed by atoms with Gasteiger partial charge in [0.1, 0.15) is 0 Å². The number of hydrogen-bond donors (Lipinski definition) is 0. The lowest BCUT2D eigenvalue weighted by Gasteiger charge is -2.24. The number of halogens is 2. The number of benzene rings is 2. The van der Waals surface area contributed by atoms with Crippen molar-refractivity contribution >= 4 is 42.6 Å². The smallest absolute Gasteiger partial charge is 0.0575 e. The summed E-state index contributed by atoms with van der Waals surface area (Å²) >= 11 is 7.53. The van der Waals surface area contributed by atoms with E-state index >= 15 is 0 Å². The Bertz CT molecular complexity index is 605. The first kappa shape index (κ1) is 15.5. The Hall–Kier alpha value is -0.380. The van der Waals surface area contributed by atoms with Gasteiger partial charge in [-0.05, 0) is 54.5 Å². The minimum atomic E-state index is 0.390. The molecule has 0 N–H and O–H groups in total. The lowest BCUT2D eigenvalue weighted by Crippen LogP contribution is -2.19. The van der Waals surface area contributed by atoms with Gasteiger partial charge in [-0.25, -0.2) is 0 Å². The van der Waals surface area contributed by atoms with E-state index in [9.17, 15) is 0 Å². The molecule has 2 atom stereocenters. The molecule has 1 heterocycles. The second-order valence-corrected chi connectivity index (χ2v) is 7.68. The van der Waals surface area contributed by atoms with Crippen molar-refractivity contribution in [1.29, 1.82) is 0 Å². The molecule has 112 valence electrons. The molecule has 1 saturated heterocycles. The molecule has 0 saturated carbocycles. The predicted molar refractivity (Wildman–Crippen MR) is 96.1 cm³/mol. The number of alkyl halides is 1. The standard InChI is InChI=1S/C18H20Br2O/c19-17(10-8-13-5-3-4-12-21-13)16-9-11-18(20)15-7-2-1-6-14(15)16/h1-2,6-7,9,11,13,17H,3-5,8,10,12H2. The maximum absolute atomic E-state index is 5.84. The summed E-state index contributed by atoms with van der Waals surface area (Å²) in [6.45, 7) is 0.943. The quantitative estimate of drug-likeness (QED) is 0.529. The number of ether oxygens (including phenoxy) is 1. The normalized spacial score (nSPS) is 20.6. The molecule has 1 nitrogen and oxygen atoms in total. The molecule has 0 amide bonds. The molecular formula is C18H20Br2O. The van der Waals surface area contributed by atoms with Crippen LogP contribution in [0.5, 0.6) is 0 Å². The Balaban J connectivity index is 1.75. The maximum atomic E-state index is 5.84. The van der Waals surface area contributed by atoms with Crippen LogP contribution < -0.4 is 0 Å². The topological polar surface area (TPSA) is 9.23 Å². The van der Waals surface area contributed by atoms with E-state index < -0.39 is 0 Å². The lowest BCUT2D eigenvalue weighted by molar-refractivity contribution is 0.0102. The number of hydrogen-bond acceptors (Lipinski definition) is 1. The maximum Gasteiger partial charge on any atom is 0.0575 e. The third-order valence-electron chi connectivity index (χ3n) is 4.26. The molecule has 2 aromatic carbocycles. The van der Waals surface area contributed by atoms with Crippen LogP contribution in [-0.4, -0.2) is 12.7 Å².